The van der Waals surface area contributed by atoms with Crippen LogP contribution in [0.5, 0.6) is 5.75 Å². The third-order valence-corrected chi connectivity index (χ3v) is 2.76. The number of halogens is 2. The van der Waals surface area contributed by atoms with Crippen LogP contribution < -0.4 is 4.74 Å². The highest BCUT2D eigenvalue weighted by molar-refractivity contribution is 9.10. The second kappa shape index (κ2) is 6.11. The van der Waals surface area contributed by atoms with Crippen LogP contribution in [-0.4, -0.2) is 19.2 Å². The molecular weight excluding hydrogens is 295 g/mol. The molecule has 0 heterocycles. The Morgan fingerprint density at radius 1 is 1.56 bits per heavy atom. The first-order chi connectivity index (χ1) is 7.52. The molecule has 0 aliphatic rings. The Labute approximate surface area is 108 Å². The van der Waals surface area contributed by atoms with Gasteiger partial charge in [0.15, 0.2) is 0 Å². The van der Waals surface area contributed by atoms with Gasteiger partial charge in [0.25, 0.3) is 0 Å². The Morgan fingerprint density at radius 3 is 2.81 bits per heavy atom. The molecule has 0 aliphatic carbocycles. The molecule has 1 aromatic rings. The van der Waals surface area contributed by atoms with Crippen molar-refractivity contribution in [1.29, 1.82) is 0 Å². The van der Waals surface area contributed by atoms with E-state index in [4.69, 9.17) is 16.3 Å². The van der Waals surface area contributed by atoms with Crippen LogP contribution in [0.2, 0.25) is 5.02 Å². The summed E-state index contributed by atoms with van der Waals surface area (Å²) in [5.41, 5.74) is 0. The van der Waals surface area contributed by atoms with E-state index in [0.29, 0.717) is 10.8 Å². The molecule has 3 nitrogen and oxygen atoms in total. The third-order valence-electron chi connectivity index (χ3n) is 1.90. The topological polar surface area (TPSA) is 35.5 Å². The van der Waals surface area contributed by atoms with E-state index in [1.165, 1.54) is 7.11 Å². The zero-order valence-corrected chi connectivity index (χ0v) is 11.3. The minimum atomic E-state index is -0.294. The molecule has 1 aromatic carbocycles. The fraction of sp³-hybridized carbons (Fsp3) is 0.364. The van der Waals surface area contributed by atoms with E-state index in [0.717, 1.165) is 4.47 Å². The molecule has 0 spiro atoms. The van der Waals surface area contributed by atoms with E-state index in [9.17, 15) is 4.79 Å². The number of hydrogen-bond acceptors (Lipinski definition) is 3. The lowest BCUT2D eigenvalue weighted by Crippen LogP contribution is -2.18. The first-order valence-corrected chi connectivity index (χ1v) is 5.88. The smallest absolute Gasteiger partial charge is 0.309 e. The summed E-state index contributed by atoms with van der Waals surface area (Å²) in [5, 5.41) is 0.625. The van der Waals surface area contributed by atoms with Gasteiger partial charge in [-0.15, -0.1) is 0 Å². The number of hydrogen-bond donors (Lipinski definition) is 0. The van der Waals surface area contributed by atoms with Gasteiger partial charge in [-0.2, -0.15) is 0 Å². The lowest BCUT2D eigenvalue weighted by Gasteiger charge is -2.14. The summed E-state index contributed by atoms with van der Waals surface area (Å²) in [4.78, 5) is 11.0. The molecule has 1 unspecified atom stereocenters. The van der Waals surface area contributed by atoms with Crippen molar-refractivity contribution in [2.45, 2.75) is 19.4 Å². The number of carbonyl (C=O) groups is 1. The Balaban J connectivity index is 2.62. The standard InChI is InChI=1S/C11H12BrClO3/c1-7(5-11(14)15-2)16-10-4-3-8(13)6-9(10)12/h3-4,6-7H,5H2,1-2H3. The molecule has 0 saturated carbocycles. The van der Waals surface area contributed by atoms with Crippen molar-refractivity contribution in [3.8, 4) is 5.75 Å². The molecule has 16 heavy (non-hydrogen) atoms. The number of ether oxygens (including phenoxy) is 2. The molecule has 0 amide bonds. The van der Waals surface area contributed by atoms with E-state index in [-0.39, 0.29) is 18.5 Å². The first-order valence-electron chi connectivity index (χ1n) is 4.71. The monoisotopic (exact) mass is 306 g/mol. The summed E-state index contributed by atoms with van der Waals surface area (Å²) in [7, 11) is 1.35. The van der Waals surface area contributed by atoms with Gasteiger partial charge in [-0.25, -0.2) is 0 Å². The van der Waals surface area contributed by atoms with Crippen LogP contribution in [0.4, 0.5) is 0 Å². The molecule has 5 heteroatoms. The van der Waals surface area contributed by atoms with E-state index in [1.807, 2.05) is 0 Å². The molecular formula is C11H12BrClO3. The molecule has 0 radical (unpaired) electrons. The quantitative estimate of drug-likeness (QED) is 0.799. The molecule has 0 fully saturated rings. The highest BCUT2D eigenvalue weighted by Gasteiger charge is 2.12. The van der Waals surface area contributed by atoms with Crippen LogP contribution in [0.1, 0.15) is 13.3 Å². The second-order valence-corrected chi connectivity index (χ2v) is 4.57. The average molecular weight is 308 g/mol. The number of benzene rings is 1. The first kappa shape index (κ1) is 13.3. The van der Waals surface area contributed by atoms with Gasteiger partial charge < -0.3 is 9.47 Å². The molecule has 88 valence electrons. The van der Waals surface area contributed by atoms with Crippen molar-refractivity contribution in [3.05, 3.63) is 27.7 Å². The van der Waals surface area contributed by atoms with E-state index in [2.05, 4.69) is 20.7 Å². The maximum atomic E-state index is 11.0. The number of carbonyl (C=O) groups excluding carboxylic acids is 1. The van der Waals surface area contributed by atoms with Crippen molar-refractivity contribution in [2.75, 3.05) is 7.11 Å². The van der Waals surface area contributed by atoms with Crippen molar-refractivity contribution in [3.63, 3.8) is 0 Å². The van der Waals surface area contributed by atoms with Gasteiger partial charge in [0.1, 0.15) is 11.9 Å². The summed E-state index contributed by atoms with van der Waals surface area (Å²) in [6.07, 6.45) is -0.0316. The van der Waals surface area contributed by atoms with Gasteiger partial charge in [-0.05, 0) is 41.1 Å². The van der Waals surface area contributed by atoms with Crippen molar-refractivity contribution < 1.29 is 14.3 Å². The number of methoxy groups -OCH3 is 1. The van der Waals surface area contributed by atoms with Crippen LogP contribution >= 0.6 is 27.5 Å². The van der Waals surface area contributed by atoms with Gasteiger partial charge in [0.2, 0.25) is 0 Å². The molecule has 0 saturated heterocycles. The minimum absolute atomic E-state index is 0.214. The third kappa shape index (κ3) is 4.02. The minimum Gasteiger partial charge on any atom is -0.489 e. The SMILES string of the molecule is COC(=O)CC(C)Oc1ccc(Cl)cc1Br. The molecule has 0 aromatic heterocycles. The Bertz CT molecular complexity index is 381. The highest BCUT2D eigenvalue weighted by atomic mass is 79.9. The summed E-state index contributed by atoms with van der Waals surface area (Å²) < 4.78 is 10.9. The number of rotatable bonds is 4. The molecule has 1 atom stereocenters. The summed E-state index contributed by atoms with van der Waals surface area (Å²) in [6, 6.07) is 5.22. The maximum Gasteiger partial charge on any atom is 0.309 e. The van der Waals surface area contributed by atoms with Crippen LogP contribution in [0.15, 0.2) is 22.7 Å². The lowest BCUT2D eigenvalue weighted by molar-refractivity contribution is -0.142. The Kier molecular flexibility index (Phi) is 5.09. The van der Waals surface area contributed by atoms with Gasteiger partial charge in [0, 0.05) is 5.02 Å². The van der Waals surface area contributed by atoms with Crippen LogP contribution in [0.25, 0.3) is 0 Å². The van der Waals surface area contributed by atoms with Gasteiger partial charge in [0.05, 0.1) is 18.0 Å². The zero-order chi connectivity index (χ0) is 12.1. The van der Waals surface area contributed by atoms with Crippen molar-refractivity contribution in [2.24, 2.45) is 0 Å². The van der Waals surface area contributed by atoms with E-state index < -0.39 is 0 Å². The predicted octanol–water partition coefficient (Wildman–Crippen LogP) is 3.43. The molecule has 1 rings (SSSR count). The largest absolute Gasteiger partial charge is 0.489 e. The van der Waals surface area contributed by atoms with Gasteiger partial charge in [-0.3, -0.25) is 4.79 Å². The lowest BCUT2D eigenvalue weighted by atomic mass is 10.3. The number of esters is 1. The zero-order valence-electron chi connectivity index (χ0n) is 9.00. The van der Waals surface area contributed by atoms with E-state index >= 15 is 0 Å². The average Bonchev–Trinajstić information content (AvgIpc) is 2.22. The van der Waals surface area contributed by atoms with Gasteiger partial charge in [-0.1, -0.05) is 11.6 Å². The van der Waals surface area contributed by atoms with Crippen LogP contribution in [0.3, 0.4) is 0 Å². The van der Waals surface area contributed by atoms with E-state index in [1.54, 1.807) is 25.1 Å². The van der Waals surface area contributed by atoms with Gasteiger partial charge >= 0.3 is 5.97 Å². The Hall–Kier alpha value is -0.740. The van der Waals surface area contributed by atoms with Crippen molar-refractivity contribution in [1.82, 2.24) is 0 Å². The fourth-order valence-electron chi connectivity index (χ4n) is 1.15. The second-order valence-electron chi connectivity index (χ2n) is 3.28. The molecule has 0 aliphatic heterocycles. The highest BCUT2D eigenvalue weighted by Crippen LogP contribution is 2.29. The Morgan fingerprint density at radius 2 is 2.25 bits per heavy atom. The maximum absolute atomic E-state index is 11.0. The molecule has 0 N–H and O–H groups in total. The molecule has 0 bridgehead atoms. The van der Waals surface area contributed by atoms with Crippen molar-refractivity contribution >= 4 is 33.5 Å². The van der Waals surface area contributed by atoms with Crippen LogP contribution in [0, 0.1) is 0 Å². The predicted molar refractivity (Wildman–Crippen MR) is 65.9 cm³/mol. The summed E-state index contributed by atoms with van der Waals surface area (Å²) in [6.45, 7) is 1.80. The normalized spacial score (nSPS) is 12.0. The summed E-state index contributed by atoms with van der Waals surface area (Å²) >= 11 is 9.13. The fourth-order valence-corrected chi connectivity index (χ4v) is 1.92. The van der Waals surface area contributed by atoms with Crippen LogP contribution in [-0.2, 0) is 9.53 Å². The summed E-state index contributed by atoms with van der Waals surface area (Å²) in [5.74, 6) is 0.360.